The Kier molecular flexibility index (Phi) is 5.16. The van der Waals surface area contributed by atoms with Crippen LogP contribution in [0.15, 0.2) is 24.5 Å². The summed E-state index contributed by atoms with van der Waals surface area (Å²) < 4.78 is 5.33. The lowest BCUT2D eigenvalue weighted by Gasteiger charge is -2.32. The smallest absolute Gasteiger partial charge is 0.245 e. The number of rotatable bonds is 4. The van der Waals surface area contributed by atoms with Gasteiger partial charge in [0.25, 0.3) is 0 Å². The Balaban J connectivity index is 1.87. The zero-order chi connectivity index (χ0) is 17.1. The number of amides is 1. The van der Waals surface area contributed by atoms with E-state index >= 15 is 0 Å². The van der Waals surface area contributed by atoms with Gasteiger partial charge >= 0.3 is 0 Å². The largest absolute Gasteiger partial charge is 0.378 e. The van der Waals surface area contributed by atoms with Gasteiger partial charge in [0.15, 0.2) is 0 Å². The predicted octanol–water partition coefficient (Wildman–Crippen LogP) is 2.58. The second kappa shape index (κ2) is 7.32. The molecule has 1 aromatic carbocycles. The quantitative estimate of drug-likeness (QED) is 0.919. The molecule has 1 aromatic heterocycles. The minimum Gasteiger partial charge on any atom is -0.378 e. The van der Waals surface area contributed by atoms with Crippen molar-refractivity contribution in [1.82, 2.24) is 14.9 Å². The fraction of sp³-hybridized carbons (Fsp3) is 0.471. The van der Waals surface area contributed by atoms with Crippen LogP contribution in [0.3, 0.4) is 0 Å². The van der Waals surface area contributed by atoms with Crippen molar-refractivity contribution in [1.29, 1.82) is 0 Å². The molecule has 1 amide bonds. The number of nitrogens with one attached hydrogen (secondary N) is 1. The van der Waals surface area contributed by atoms with E-state index in [2.05, 4.69) is 15.3 Å². The molecular formula is C17H21ClN4O2. The first-order valence-corrected chi connectivity index (χ1v) is 8.47. The zero-order valence-electron chi connectivity index (χ0n) is 13.8. The number of hydrogen-bond acceptors (Lipinski definition) is 5. The van der Waals surface area contributed by atoms with Crippen LogP contribution in [0.2, 0.25) is 5.02 Å². The predicted molar refractivity (Wildman–Crippen MR) is 94.2 cm³/mol. The van der Waals surface area contributed by atoms with Crippen molar-refractivity contribution >= 4 is 34.2 Å². The molecule has 7 heteroatoms. The summed E-state index contributed by atoms with van der Waals surface area (Å²) in [7, 11) is 0. The number of carbonyl (C=O) groups excluding carboxylic acids is 1. The lowest BCUT2D eigenvalue weighted by atomic mass is 10.0. The van der Waals surface area contributed by atoms with E-state index in [1.54, 1.807) is 12.1 Å². The van der Waals surface area contributed by atoms with Gasteiger partial charge in [-0.1, -0.05) is 25.4 Å². The molecule has 0 spiro atoms. The highest BCUT2D eigenvalue weighted by molar-refractivity contribution is 6.31. The molecule has 2 aromatic rings. The first-order chi connectivity index (χ1) is 11.6. The van der Waals surface area contributed by atoms with Crippen LogP contribution >= 0.6 is 11.6 Å². The van der Waals surface area contributed by atoms with Gasteiger partial charge in [-0.25, -0.2) is 9.97 Å². The van der Waals surface area contributed by atoms with Crippen molar-refractivity contribution < 1.29 is 9.53 Å². The van der Waals surface area contributed by atoms with Crippen molar-refractivity contribution in [3.8, 4) is 0 Å². The van der Waals surface area contributed by atoms with Gasteiger partial charge in [0, 0.05) is 23.5 Å². The number of nitrogens with zero attached hydrogens (tertiary/aromatic N) is 3. The van der Waals surface area contributed by atoms with Crippen LogP contribution in [0.25, 0.3) is 10.9 Å². The fourth-order valence-electron chi connectivity index (χ4n) is 2.79. The molecule has 6 nitrogen and oxygen atoms in total. The summed E-state index contributed by atoms with van der Waals surface area (Å²) in [4.78, 5) is 23.3. The van der Waals surface area contributed by atoms with Crippen LogP contribution in [0.4, 0.5) is 5.82 Å². The summed E-state index contributed by atoms with van der Waals surface area (Å²) in [6.45, 7) is 6.48. The molecule has 3 rings (SSSR count). The van der Waals surface area contributed by atoms with Crippen molar-refractivity contribution in [2.45, 2.75) is 19.9 Å². The monoisotopic (exact) mass is 348 g/mol. The third-order valence-corrected chi connectivity index (χ3v) is 4.38. The van der Waals surface area contributed by atoms with Gasteiger partial charge in [-0.05, 0) is 24.1 Å². The maximum Gasteiger partial charge on any atom is 0.245 e. The summed E-state index contributed by atoms with van der Waals surface area (Å²) in [5, 5.41) is 4.78. The van der Waals surface area contributed by atoms with Crippen molar-refractivity contribution in [2.24, 2.45) is 5.92 Å². The topological polar surface area (TPSA) is 67.4 Å². The van der Waals surface area contributed by atoms with Crippen LogP contribution < -0.4 is 5.32 Å². The molecule has 1 aliphatic heterocycles. The minimum atomic E-state index is -0.350. The lowest BCUT2D eigenvalue weighted by molar-refractivity contribution is -0.137. The molecule has 0 bridgehead atoms. The fourth-order valence-corrected chi connectivity index (χ4v) is 2.95. The van der Waals surface area contributed by atoms with E-state index in [9.17, 15) is 4.79 Å². The average molecular weight is 349 g/mol. The molecule has 1 N–H and O–H groups in total. The van der Waals surface area contributed by atoms with Gasteiger partial charge in [0.1, 0.15) is 18.2 Å². The number of anilines is 1. The van der Waals surface area contributed by atoms with Gasteiger partial charge in [-0.15, -0.1) is 0 Å². The van der Waals surface area contributed by atoms with Crippen molar-refractivity contribution in [2.75, 3.05) is 31.6 Å². The minimum absolute atomic E-state index is 0.0778. The average Bonchev–Trinajstić information content (AvgIpc) is 2.59. The van der Waals surface area contributed by atoms with E-state index < -0.39 is 0 Å². The van der Waals surface area contributed by atoms with Gasteiger partial charge in [0.2, 0.25) is 5.91 Å². The number of aromatic nitrogens is 2. The van der Waals surface area contributed by atoms with Gasteiger partial charge in [-0.2, -0.15) is 0 Å². The van der Waals surface area contributed by atoms with Crippen LogP contribution in [0.5, 0.6) is 0 Å². The maximum atomic E-state index is 12.9. The highest BCUT2D eigenvalue weighted by Gasteiger charge is 2.28. The van der Waals surface area contributed by atoms with E-state index in [0.29, 0.717) is 37.1 Å². The number of ether oxygens (including phenoxy) is 1. The molecule has 1 saturated heterocycles. The summed E-state index contributed by atoms with van der Waals surface area (Å²) in [6.07, 6.45) is 1.48. The molecule has 2 heterocycles. The molecule has 1 aliphatic rings. The zero-order valence-corrected chi connectivity index (χ0v) is 14.6. The van der Waals surface area contributed by atoms with Crippen molar-refractivity contribution in [3.63, 3.8) is 0 Å². The normalized spacial score (nSPS) is 16.4. The molecule has 128 valence electrons. The molecule has 1 unspecified atom stereocenters. The molecule has 24 heavy (non-hydrogen) atoms. The van der Waals surface area contributed by atoms with Gasteiger partial charge in [-0.3, -0.25) is 4.79 Å². The summed E-state index contributed by atoms with van der Waals surface area (Å²) in [5.74, 6) is 0.851. The second-order valence-corrected chi connectivity index (χ2v) is 6.62. The maximum absolute atomic E-state index is 12.9. The Labute approximate surface area is 146 Å². The molecule has 1 atom stereocenters. The Morgan fingerprint density at radius 2 is 2.04 bits per heavy atom. The molecule has 0 aliphatic carbocycles. The van der Waals surface area contributed by atoms with E-state index in [4.69, 9.17) is 16.3 Å². The van der Waals surface area contributed by atoms with Gasteiger partial charge < -0.3 is 15.0 Å². The third-order valence-electron chi connectivity index (χ3n) is 4.15. The Hall–Kier alpha value is -1.92. The van der Waals surface area contributed by atoms with E-state index in [1.165, 1.54) is 6.33 Å². The SMILES string of the molecule is CC(C)C(Nc1ncnc2cc(Cl)ccc12)C(=O)N1CCOCC1. The Bertz CT molecular complexity index is 732. The first-order valence-electron chi connectivity index (χ1n) is 8.09. The van der Waals surface area contributed by atoms with Crippen LogP contribution in [0.1, 0.15) is 13.8 Å². The Morgan fingerprint density at radius 3 is 2.75 bits per heavy atom. The van der Waals surface area contributed by atoms with Gasteiger partial charge in [0.05, 0.1) is 18.7 Å². The van der Waals surface area contributed by atoms with E-state index in [0.717, 1.165) is 10.9 Å². The molecule has 0 radical (unpaired) electrons. The third kappa shape index (κ3) is 3.60. The molecular weight excluding hydrogens is 328 g/mol. The summed E-state index contributed by atoms with van der Waals surface area (Å²) in [5.41, 5.74) is 0.751. The van der Waals surface area contributed by atoms with Crippen molar-refractivity contribution in [3.05, 3.63) is 29.5 Å². The van der Waals surface area contributed by atoms with E-state index in [-0.39, 0.29) is 17.9 Å². The van der Waals surface area contributed by atoms with Crippen LogP contribution in [-0.4, -0.2) is 53.1 Å². The number of fused-ring (bicyclic) bond motifs is 1. The lowest BCUT2D eigenvalue weighted by Crippen LogP contribution is -2.49. The number of morpholine rings is 1. The van der Waals surface area contributed by atoms with E-state index in [1.807, 2.05) is 24.8 Å². The summed E-state index contributed by atoms with van der Waals surface area (Å²) in [6, 6.07) is 5.11. The number of carbonyl (C=O) groups is 1. The number of halogens is 1. The highest BCUT2D eigenvalue weighted by Crippen LogP contribution is 2.24. The first kappa shape index (κ1) is 16.9. The molecule has 1 fully saturated rings. The Morgan fingerprint density at radius 1 is 1.29 bits per heavy atom. The van der Waals surface area contributed by atoms with Crippen LogP contribution in [-0.2, 0) is 9.53 Å². The standard InChI is InChI=1S/C17H21ClN4O2/c1-11(2)15(17(23)22-5-7-24-8-6-22)21-16-13-4-3-12(18)9-14(13)19-10-20-16/h3-4,9-11,15H,5-8H2,1-2H3,(H,19,20,21). The second-order valence-electron chi connectivity index (χ2n) is 6.19. The number of hydrogen-bond donors (Lipinski definition) is 1. The highest BCUT2D eigenvalue weighted by atomic mass is 35.5. The molecule has 0 saturated carbocycles. The van der Waals surface area contributed by atoms with Crippen LogP contribution in [0, 0.1) is 5.92 Å². The summed E-state index contributed by atoms with van der Waals surface area (Å²) >= 11 is 6.03. The number of benzene rings is 1.